The monoisotopic (exact) mass is 416 g/mol. The minimum Gasteiger partial charge on any atom is -0.382 e. The van der Waals surface area contributed by atoms with Crippen molar-refractivity contribution in [2.45, 2.75) is 59.9 Å². The normalized spacial score (nSPS) is 14.8. The SMILES string of the molecule is CCN(CC)C(=O)NCCOCCn1c(C(C)C2CC2)nc2c(N)nc(C)c(C)c21. The zero-order chi connectivity index (χ0) is 21.8. The molecule has 0 aromatic carbocycles. The summed E-state index contributed by atoms with van der Waals surface area (Å²) >= 11 is 0. The van der Waals surface area contributed by atoms with Crippen LogP contribution in [0.2, 0.25) is 0 Å². The van der Waals surface area contributed by atoms with Crippen LogP contribution >= 0.6 is 0 Å². The predicted octanol–water partition coefficient (Wildman–Crippen LogP) is 3.21. The van der Waals surface area contributed by atoms with Crippen LogP contribution in [-0.2, 0) is 11.3 Å². The number of nitrogens with one attached hydrogen (secondary N) is 1. The van der Waals surface area contributed by atoms with Crippen LogP contribution < -0.4 is 11.1 Å². The number of amides is 2. The molecule has 0 spiro atoms. The first-order valence-corrected chi connectivity index (χ1v) is 11.1. The van der Waals surface area contributed by atoms with Crippen LogP contribution in [0, 0.1) is 19.8 Å². The Morgan fingerprint density at radius 3 is 2.60 bits per heavy atom. The van der Waals surface area contributed by atoms with Crippen molar-refractivity contribution in [2.75, 3.05) is 38.6 Å². The van der Waals surface area contributed by atoms with Gasteiger partial charge in [0.2, 0.25) is 0 Å². The Bertz CT molecular complexity index is 886. The smallest absolute Gasteiger partial charge is 0.317 e. The van der Waals surface area contributed by atoms with Crippen LogP contribution in [0.5, 0.6) is 0 Å². The van der Waals surface area contributed by atoms with Crippen LogP contribution in [0.25, 0.3) is 11.0 Å². The fourth-order valence-electron chi connectivity index (χ4n) is 4.01. The van der Waals surface area contributed by atoms with Crippen molar-refractivity contribution in [2.24, 2.45) is 5.92 Å². The van der Waals surface area contributed by atoms with E-state index in [1.807, 2.05) is 20.8 Å². The van der Waals surface area contributed by atoms with E-state index in [0.29, 0.717) is 57.0 Å². The highest BCUT2D eigenvalue weighted by atomic mass is 16.5. The topological polar surface area (TPSA) is 98.3 Å². The van der Waals surface area contributed by atoms with Gasteiger partial charge in [-0.3, -0.25) is 0 Å². The molecule has 1 unspecified atom stereocenters. The van der Waals surface area contributed by atoms with E-state index >= 15 is 0 Å². The third-order valence-corrected chi connectivity index (χ3v) is 6.19. The predicted molar refractivity (Wildman–Crippen MR) is 120 cm³/mol. The lowest BCUT2D eigenvalue weighted by Crippen LogP contribution is -2.41. The minimum absolute atomic E-state index is 0.0428. The third kappa shape index (κ3) is 4.69. The number of nitrogens with two attached hydrogens (primary N) is 1. The molecule has 1 aliphatic rings. The number of carbonyl (C=O) groups is 1. The Morgan fingerprint density at radius 1 is 1.27 bits per heavy atom. The molecular formula is C22H36N6O2. The maximum absolute atomic E-state index is 12.0. The molecule has 0 radical (unpaired) electrons. The molecule has 3 rings (SSSR count). The number of urea groups is 1. The summed E-state index contributed by atoms with van der Waals surface area (Å²) in [5.41, 5.74) is 10.1. The number of anilines is 1. The fourth-order valence-corrected chi connectivity index (χ4v) is 4.01. The summed E-state index contributed by atoms with van der Waals surface area (Å²) < 4.78 is 8.11. The van der Waals surface area contributed by atoms with Gasteiger partial charge in [0.25, 0.3) is 0 Å². The van der Waals surface area contributed by atoms with Gasteiger partial charge in [-0.25, -0.2) is 14.8 Å². The average molecular weight is 417 g/mol. The molecule has 8 nitrogen and oxygen atoms in total. The second kappa shape index (κ2) is 9.64. The lowest BCUT2D eigenvalue weighted by molar-refractivity contribution is 0.126. The number of aromatic nitrogens is 3. The van der Waals surface area contributed by atoms with Crippen molar-refractivity contribution in [3.05, 3.63) is 17.1 Å². The van der Waals surface area contributed by atoms with Gasteiger partial charge in [-0.1, -0.05) is 6.92 Å². The van der Waals surface area contributed by atoms with Crippen molar-refractivity contribution >= 4 is 22.9 Å². The highest BCUT2D eigenvalue weighted by molar-refractivity contribution is 5.88. The first-order valence-electron chi connectivity index (χ1n) is 11.1. The Hall–Kier alpha value is -2.35. The van der Waals surface area contributed by atoms with Crippen LogP contribution in [0.1, 0.15) is 56.6 Å². The van der Waals surface area contributed by atoms with E-state index in [4.69, 9.17) is 15.5 Å². The second-order valence-corrected chi connectivity index (χ2v) is 8.17. The molecule has 1 saturated carbocycles. The van der Waals surface area contributed by atoms with E-state index in [-0.39, 0.29) is 6.03 Å². The maximum atomic E-state index is 12.0. The molecule has 3 N–H and O–H groups in total. The van der Waals surface area contributed by atoms with Gasteiger partial charge in [-0.15, -0.1) is 0 Å². The van der Waals surface area contributed by atoms with Crippen molar-refractivity contribution in [3.63, 3.8) is 0 Å². The van der Waals surface area contributed by atoms with E-state index in [9.17, 15) is 4.79 Å². The molecule has 1 aliphatic carbocycles. The van der Waals surface area contributed by atoms with Crippen molar-refractivity contribution in [1.82, 2.24) is 24.8 Å². The van der Waals surface area contributed by atoms with Gasteiger partial charge in [0, 0.05) is 37.8 Å². The van der Waals surface area contributed by atoms with E-state index < -0.39 is 0 Å². The summed E-state index contributed by atoms with van der Waals surface area (Å²) in [4.78, 5) is 23.1. The second-order valence-electron chi connectivity index (χ2n) is 8.17. The summed E-state index contributed by atoms with van der Waals surface area (Å²) in [6.45, 7) is 13.9. The zero-order valence-corrected chi connectivity index (χ0v) is 19.0. The Labute approximate surface area is 179 Å². The van der Waals surface area contributed by atoms with Crippen LogP contribution in [0.3, 0.4) is 0 Å². The highest BCUT2D eigenvalue weighted by Crippen LogP contribution is 2.43. The van der Waals surface area contributed by atoms with Gasteiger partial charge in [0.05, 0.1) is 18.7 Å². The largest absolute Gasteiger partial charge is 0.382 e. The summed E-state index contributed by atoms with van der Waals surface area (Å²) in [5, 5.41) is 2.90. The average Bonchev–Trinajstić information content (AvgIpc) is 3.50. The molecule has 1 atom stereocenters. The Morgan fingerprint density at radius 2 is 1.97 bits per heavy atom. The summed E-state index contributed by atoms with van der Waals surface area (Å²) in [6, 6.07) is -0.0428. The van der Waals surface area contributed by atoms with Gasteiger partial charge in [-0.05, 0) is 52.0 Å². The maximum Gasteiger partial charge on any atom is 0.317 e. The van der Waals surface area contributed by atoms with Gasteiger partial charge in [0.1, 0.15) is 11.3 Å². The molecule has 0 saturated heterocycles. The molecule has 0 bridgehead atoms. The fraction of sp³-hybridized carbons (Fsp3) is 0.682. The van der Waals surface area contributed by atoms with Gasteiger partial charge < -0.3 is 25.3 Å². The quantitative estimate of drug-likeness (QED) is 0.580. The summed E-state index contributed by atoms with van der Waals surface area (Å²) in [7, 11) is 0. The number of nitrogen functional groups attached to an aromatic ring is 1. The van der Waals surface area contributed by atoms with Crippen LogP contribution in [0.15, 0.2) is 0 Å². The number of rotatable bonds is 10. The lowest BCUT2D eigenvalue weighted by Gasteiger charge is -2.19. The first kappa shape index (κ1) is 22.3. The molecule has 2 aromatic rings. The molecule has 2 aromatic heterocycles. The van der Waals surface area contributed by atoms with Gasteiger partial charge in [-0.2, -0.15) is 0 Å². The van der Waals surface area contributed by atoms with E-state index in [2.05, 4.69) is 28.7 Å². The zero-order valence-electron chi connectivity index (χ0n) is 19.0. The number of carbonyl (C=O) groups excluding carboxylic acids is 1. The number of ether oxygens (including phenoxy) is 1. The molecule has 30 heavy (non-hydrogen) atoms. The van der Waals surface area contributed by atoms with Crippen molar-refractivity contribution < 1.29 is 9.53 Å². The van der Waals surface area contributed by atoms with Crippen LogP contribution in [-0.4, -0.2) is 58.3 Å². The van der Waals surface area contributed by atoms with E-state index in [0.717, 1.165) is 28.1 Å². The van der Waals surface area contributed by atoms with Gasteiger partial charge in [0.15, 0.2) is 5.82 Å². The minimum atomic E-state index is -0.0428. The molecular weight excluding hydrogens is 380 g/mol. The lowest BCUT2D eigenvalue weighted by atomic mass is 10.1. The molecule has 166 valence electrons. The number of nitrogens with zero attached hydrogens (tertiary/aromatic N) is 4. The Kier molecular flexibility index (Phi) is 7.18. The standard InChI is InChI=1S/C22H36N6O2/c1-6-27(7-2)22(29)24-10-12-30-13-11-28-19-14(3)16(5)25-20(23)18(19)26-21(28)15(4)17-8-9-17/h15,17H,6-13H2,1-5H3,(H2,23,25)(H,24,29). The first-order chi connectivity index (χ1) is 14.4. The van der Waals surface area contributed by atoms with Gasteiger partial charge >= 0.3 is 6.03 Å². The summed E-state index contributed by atoms with van der Waals surface area (Å²) in [6.07, 6.45) is 2.53. The van der Waals surface area contributed by atoms with Crippen LogP contribution in [0.4, 0.5) is 10.6 Å². The number of hydrogen-bond acceptors (Lipinski definition) is 5. The number of pyridine rings is 1. The molecule has 2 amide bonds. The van der Waals surface area contributed by atoms with E-state index in [1.165, 1.54) is 12.8 Å². The number of fused-ring (bicyclic) bond motifs is 1. The number of aryl methyl sites for hydroxylation is 2. The molecule has 0 aliphatic heterocycles. The Balaban J connectivity index is 1.66. The van der Waals surface area contributed by atoms with E-state index in [1.54, 1.807) is 4.90 Å². The molecule has 1 fully saturated rings. The molecule has 2 heterocycles. The number of imidazole rings is 1. The van der Waals surface area contributed by atoms with Crippen molar-refractivity contribution in [3.8, 4) is 0 Å². The highest BCUT2D eigenvalue weighted by Gasteiger charge is 2.33. The summed E-state index contributed by atoms with van der Waals surface area (Å²) in [5.74, 6) is 2.67. The third-order valence-electron chi connectivity index (χ3n) is 6.19. The molecule has 8 heteroatoms. The van der Waals surface area contributed by atoms with Crippen molar-refractivity contribution in [1.29, 1.82) is 0 Å². The number of hydrogen-bond donors (Lipinski definition) is 2.